The summed E-state index contributed by atoms with van der Waals surface area (Å²) in [4.78, 5) is 0. The number of hydrogen-bond acceptors (Lipinski definition) is 3. The number of fused-ring (bicyclic) bond motifs is 1. The highest BCUT2D eigenvalue weighted by Crippen LogP contribution is 2.54. The second-order valence-corrected chi connectivity index (χ2v) is 12.5. The van der Waals surface area contributed by atoms with Crippen LogP contribution in [0.25, 0.3) is 0 Å². The van der Waals surface area contributed by atoms with E-state index in [2.05, 4.69) is 66.4 Å². The third-order valence-electron chi connectivity index (χ3n) is 6.14. The Labute approximate surface area is 131 Å². The van der Waals surface area contributed by atoms with Gasteiger partial charge in [0.15, 0.2) is 0 Å². The molecule has 3 aliphatic rings. The molecular weight excluding hydrogens is 274 g/mol. The van der Waals surface area contributed by atoms with Crippen LogP contribution in [0.1, 0.15) is 20.3 Å². The maximum Gasteiger partial charge on any atom is 0.128 e. The second-order valence-electron chi connectivity index (χ2n) is 7.86. The number of nitrogens with one attached hydrogen (secondary N) is 2. The highest BCUT2D eigenvalue weighted by molar-refractivity contribution is 6.76. The Morgan fingerprint density at radius 3 is 2.29 bits per heavy atom. The standard InChI is InChI=1S/C17H31N3Si/c1-13(2)16-9-17(15-8-6-5-7-14(15)16)21(3,4)20-11-18-10-19-12-20/h5-8,13-19H,9-12H2,1-4H3. The zero-order valence-electron chi connectivity index (χ0n) is 14.0. The summed E-state index contributed by atoms with van der Waals surface area (Å²) in [6, 6.07) is 0. The topological polar surface area (TPSA) is 27.3 Å². The summed E-state index contributed by atoms with van der Waals surface area (Å²) < 4.78 is 2.72. The lowest BCUT2D eigenvalue weighted by Gasteiger charge is -2.45. The molecule has 0 bridgehead atoms. The summed E-state index contributed by atoms with van der Waals surface area (Å²) in [5, 5.41) is 6.98. The molecule has 1 heterocycles. The Balaban J connectivity index is 1.83. The Hall–Kier alpha value is -0.423. The highest BCUT2D eigenvalue weighted by Gasteiger charge is 2.51. The Morgan fingerprint density at radius 1 is 1.05 bits per heavy atom. The molecule has 0 amide bonds. The Kier molecular flexibility index (Phi) is 4.41. The normalized spacial score (nSPS) is 37.2. The van der Waals surface area contributed by atoms with Crippen molar-refractivity contribution in [3.8, 4) is 0 Å². The Morgan fingerprint density at radius 2 is 1.67 bits per heavy atom. The van der Waals surface area contributed by atoms with E-state index in [1.165, 1.54) is 6.42 Å². The lowest BCUT2D eigenvalue weighted by molar-refractivity contribution is 0.283. The zero-order valence-corrected chi connectivity index (χ0v) is 15.0. The van der Waals surface area contributed by atoms with Crippen molar-refractivity contribution in [1.29, 1.82) is 0 Å². The number of nitrogens with zero attached hydrogens (tertiary/aromatic N) is 1. The van der Waals surface area contributed by atoms with Gasteiger partial charge >= 0.3 is 0 Å². The SMILES string of the molecule is CC(C)C1CC([Si](C)(C)N2CNCNC2)C2C=CC=CC21. The van der Waals surface area contributed by atoms with Gasteiger partial charge in [0.1, 0.15) is 8.24 Å². The third kappa shape index (κ3) is 2.79. The van der Waals surface area contributed by atoms with Crippen LogP contribution in [0.2, 0.25) is 18.6 Å². The fourth-order valence-electron chi connectivity index (χ4n) is 4.72. The van der Waals surface area contributed by atoms with Crippen molar-refractivity contribution in [2.45, 2.75) is 38.9 Å². The summed E-state index contributed by atoms with van der Waals surface area (Å²) in [7, 11) is -1.44. The summed E-state index contributed by atoms with van der Waals surface area (Å²) in [5.74, 6) is 3.20. The monoisotopic (exact) mass is 305 g/mol. The molecule has 0 radical (unpaired) electrons. The van der Waals surface area contributed by atoms with Crippen LogP contribution in [0.15, 0.2) is 24.3 Å². The molecule has 0 aromatic rings. The highest BCUT2D eigenvalue weighted by atomic mass is 28.3. The van der Waals surface area contributed by atoms with E-state index >= 15 is 0 Å². The second kappa shape index (κ2) is 5.99. The molecule has 3 rings (SSSR count). The van der Waals surface area contributed by atoms with E-state index in [1.54, 1.807) is 0 Å². The molecule has 4 heteroatoms. The van der Waals surface area contributed by atoms with Crippen molar-refractivity contribution >= 4 is 8.24 Å². The fourth-order valence-corrected chi connectivity index (χ4v) is 8.36. The average Bonchev–Trinajstić information content (AvgIpc) is 2.88. The fraction of sp³-hybridized carbons (Fsp3) is 0.765. The van der Waals surface area contributed by atoms with Crippen LogP contribution in [0, 0.1) is 23.7 Å². The molecule has 118 valence electrons. The van der Waals surface area contributed by atoms with Gasteiger partial charge in [0.25, 0.3) is 0 Å². The molecule has 2 N–H and O–H groups in total. The van der Waals surface area contributed by atoms with E-state index < -0.39 is 8.24 Å². The molecule has 0 spiro atoms. The van der Waals surface area contributed by atoms with Crippen LogP contribution in [0.5, 0.6) is 0 Å². The van der Waals surface area contributed by atoms with Crippen molar-refractivity contribution in [1.82, 2.24) is 15.2 Å². The lowest BCUT2D eigenvalue weighted by atomic mass is 9.81. The number of rotatable bonds is 3. The molecule has 1 saturated carbocycles. The summed E-state index contributed by atoms with van der Waals surface area (Å²) >= 11 is 0. The molecular formula is C17H31N3Si. The predicted octanol–water partition coefficient (Wildman–Crippen LogP) is 2.96. The summed E-state index contributed by atoms with van der Waals surface area (Å²) in [5.41, 5.74) is 0.873. The lowest BCUT2D eigenvalue weighted by Crippen LogP contribution is -2.63. The van der Waals surface area contributed by atoms with Gasteiger partial charge in [-0.1, -0.05) is 51.2 Å². The van der Waals surface area contributed by atoms with Crippen molar-refractivity contribution in [3.63, 3.8) is 0 Å². The van der Waals surface area contributed by atoms with Crippen molar-refractivity contribution in [2.24, 2.45) is 23.7 Å². The molecule has 2 aliphatic carbocycles. The summed E-state index contributed by atoms with van der Waals surface area (Å²) in [6.07, 6.45) is 11.0. The minimum atomic E-state index is -1.44. The molecule has 4 unspecified atom stereocenters. The van der Waals surface area contributed by atoms with Crippen LogP contribution in [-0.4, -0.2) is 32.8 Å². The van der Waals surface area contributed by atoms with Gasteiger partial charge in [-0.15, -0.1) is 0 Å². The average molecular weight is 306 g/mol. The minimum absolute atomic E-state index is 0.769. The summed E-state index contributed by atoms with van der Waals surface area (Å²) in [6.45, 7) is 13.1. The number of allylic oxidation sites excluding steroid dienone is 4. The molecule has 0 aromatic heterocycles. The first kappa shape index (κ1) is 15.5. The van der Waals surface area contributed by atoms with Gasteiger partial charge in [-0.3, -0.25) is 15.2 Å². The molecule has 2 fully saturated rings. The van der Waals surface area contributed by atoms with Gasteiger partial charge in [0.2, 0.25) is 0 Å². The van der Waals surface area contributed by atoms with E-state index in [0.29, 0.717) is 0 Å². The number of hydrogen-bond donors (Lipinski definition) is 2. The molecule has 4 atom stereocenters. The van der Waals surface area contributed by atoms with Gasteiger partial charge in [-0.05, 0) is 35.6 Å². The van der Waals surface area contributed by atoms with Crippen molar-refractivity contribution < 1.29 is 0 Å². The van der Waals surface area contributed by atoms with Crippen LogP contribution in [-0.2, 0) is 0 Å². The van der Waals surface area contributed by atoms with Crippen LogP contribution >= 0.6 is 0 Å². The first-order valence-corrected chi connectivity index (χ1v) is 11.6. The quantitative estimate of drug-likeness (QED) is 0.785. The van der Waals surface area contributed by atoms with Crippen LogP contribution in [0.3, 0.4) is 0 Å². The Bertz CT molecular complexity index is 424. The van der Waals surface area contributed by atoms with Crippen molar-refractivity contribution in [2.75, 3.05) is 20.0 Å². The molecule has 3 nitrogen and oxygen atoms in total. The minimum Gasteiger partial charge on any atom is -0.299 e. The van der Waals surface area contributed by atoms with E-state index in [4.69, 9.17) is 0 Å². The maximum atomic E-state index is 3.49. The first-order chi connectivity index (χ1) is 10.0. The van der Waals surface area contributed by atoms with E-state index in [0.717, 1.165) is 49.2 Å². The predicted molar refractivity (Wildman–Crippen MR) is 92.1 cm³/mol. The van der Waals surface area contributed by atoms with E-state index in [-0.39, 0.29) is 0 Å². The molecule has 0 aromatic carbocycles. The third-order valence-corrected chi connectivity index (χ3v) is 10.5. The van der Waals surface area contributed by atoms with Gasteiger partial charge in [-0.25, -0.2) is 0 Å². The molecule has 1 saturated heterocycles. The molecule has 1 aliphatic heterocycles. The van der Waals surface area contributed by atoms with Gasteiger partial charge in [0, 0.05) is 20.0 Å². The maximum absolute atomic E-state index is 3.49. The van der Waals surface area contributed by atoms with Gasteiger partial charge < -0.3 is 0 Å². The van der Waals surface area contributed by atoms with Crippen molar-refractivity contribution in [3.05, 3.63) is 24.3 Å². The largest absolute Gasteiger partial charge is 0.299 e. The smallest absolute Gasteiger partial charge is 0.128 e. The molecule has 21 heavy (non-hydrogen) atoms. The van der Waals surface area contributed by atoms with Gasteiger partial charge in [0.05, 0.1) is 0 Å². The van der Waals surface area contributed by atoms with E-state index in [1.807, 2.05) is 0 Å². The zero-order chi connectivity index (χ0) is 15.0. The van der Waals surface area contributed by atoms with Crippen LogP contribution < -0.4 is 10.6 Å². The van der Waals surface area contributed by atoms with Gasteiger partial charge in [-0.2, -0.15) is 0 Å². The first-order valence-electron chi connectivity index (χ1n) is 8.53. The van der Waals surface area contributed by atoms with E-state index in [9.17, 15) is 0 Å². The van der Waals surface area contributed by atoms with Crippen LogP contribution in [0.4, 0.5) is 0 Å².